The predicted octanol–water partition coefficient (Wildman–Crippen LogP) is 2.22. The quantitative estimate of drug-likeness (QED) is 0.654. The van der Waals surface area contributed by atoms with E-state index in [1.165, 1.54) is 0 Å². The van der Waals surface area contributed by atoms with Crippen LogP contribution in [0.5, 0.6) is 0 Å². The topological polar surface area (TPSA) is 40.5 Å². The van der Waals surface area contributed by atoms with Gasteiger partial charge < -0.3 is 10.0 Å². The molecule has 0 aliphatic heterocycles. The maximum atomic E-state index is 10.4. The van der Waals surface area contributed by atoms with Crippen LogP contribution in [0.2, 0.25) is 0 Å². The molecule has 0 spiro atoms. The number of carboxylic acid groups (broad SMARTS) is 1. The van der Waals surface area contributed by atoms with Gasteiger partial charge in [-0.05, 0) is 31.8 Å². The zero-order chi connectivity index (χ0) is 11.0. The van der Waals surface area contributed by atoms with Gasteiger partial charge in [0.2, 0.25) is 0 Å². The third-order valence-electron chi connectivity index (χ3n) is 2.20. The van der Waals surface area contributed by atoms with Crippen molar-refractivity contribution in [3.63, 3.8) is 0 Å². The number of carbonyl (C=O) groups is 1. The van der Waals surface area contributed by atoms with Crippen LogP contribution >= 0.6 is 0 Å². The van der Waals surface area contributed by atoms with Crippen LogP contribution in [-0.2, 0) is 4.79 Å². The van der Waals surface area contributed by atoms with Gasteiger partial charge in [0, 0.05) is 6.54 Å². The van der Waals surface area contributed by atoms with Gasteiger partial charge in [0.25, 0.3) is 0 Å². The number of hydrogen-bond acceptors (Lipinski definition) is 2. The minimum atomic E-state index is -0.698. The van der Waals surface area contributed by atoms with Crippen LogP contribution in [0.4, 0.5) is 0 Å². The maximum Gasteiger partial charge on any atom is 0.304 e. The molecule has 0 bridgehead atoms. The Morgan fingerprint density at radius 1 is 1.29 bits per heavy atom. The largest absolute Gasteiger partial charge is 0.481 e. The number of aliphatic carboxylic acids is 1. The molecule has 0 unspecified atom stereocenters. The van der Waals surface area contributed by atoms with Crippen LogP contribution in [0, 0.1) is 5.92 Å². The number of rotatable bonds is 8. The molecule has 0 fully saturated rings. The Morgan fingerprint density at radius 3 is 2.36 bits per heavy atom. The molecule has 0 aliphatic rings. The van der Waals surface area contributed by atoms with E-state index in [0.717, 1.165) is 25.9 Å². The normalized spacial score (nSPS) is 11.2. The summed E-state index contributed by atoms with van der Waals surface area (Å²) in [6.07, 6.45) is 2.51. The zero-order valence-electron chi connectivity index (χ0n) is 9.62. The highest BCUT2D eigenvalue weighted by atomic mass is 16.4. The first-order valence-electron chi connectivity index (χ1n) is 5.50. The molecule has 0 rings (SSSR count). The molecule has 3 nitrogen and oxygen atoms in total. The van der Waals surface area contributed by atoms with Crippen molar-refractivity contribution in [2.24, 2.45) is 5.92 Å². The van der Waals surface area contributed by atoms with E-state index in [2.05, 4.69) is 25.7 Å². The summed E-state index contributed by atoms with van der Waals surface area (Å²) in [6.45, 7) is 9.25. The van der Waals surface area contributed by atoms with E-state index in [4.69, 9.17) is 5.11 Å². The van der Waals surface area contributed by atoms with E-state index in [1.54, 1.807) is 0 Å². The summed E-state index contributed by atoms with van der Waals surface area (Å²) in [5, 5.41) is 8.58. The lowest BCUT2D eigenvalue weighted by Gasteiger charge is -2.21. The molecule has 0 aliphatic carbocycles. The van der Waals surface area contributed by atoms with Gasteiger partial charge in [0.1, 0.15) is 0 Å². The number of carboxylic acids is 1. The zero-order valence-corrected chi connectivity index (χ0v) is 9.62. The summed E-state index contributed by atoms with van der Waals surface area (Å²) in [6, 6.07) is 0. The monoisotopic (exact) mass is 201 g/mol. The fraction of sp³-hybridized carbons (Fsp3) is 0.909. The van der Waals surface area contributed by atoms with Gasteiger partial charge >= 0.3 is 5.97 Å². The Balaban J connectivity index is 3.70. The van der Waals surface area contributed by atoms with Gasteiger partial charge in [-0.1, -0.05) is 20.8 Å². The fourth-order valence-electron chi connectivity index (χ4n) is 1.35. The molecule has 14 heavy (non-hydrogen) atoms. The fourth-order valence-corrected chi connectivity index (χ4v) is 1.35. The highest BCUT2D eigenvalue weighted by molar-refractivity contribution is 5.66. The van der Waals surface area contributed by atoms with E-state index < -0.39 is 5.97 Å². The van der Waals surface area contributed by atoms with Crippen LogP contribution in [0.3, 0.4) is 0 Å². The second-order valence-corrected chi connectivity index (χ2v) is 4.17. The molecule has 1 N–H and O–H groups in total. The highest BCUT2D eigenvalue weighted by Gasteiger charge is 2.06. The molecule has 0 aromatic heterocycles. The summed E-state index contributed by atoms with van der Waals surface area (Å²) in [5.41, 5.74) is 0. The number of hydrogen-bond donors (Lipinski definition) is 1. The predicted molar refractivity (Wildman–Crippen MR) is 58.4 cm³/mol. The Morgan fingerprint density at radius 2 is 1.93 bits per heavy atom. The summed E-state index contributed by atoms with van der Waals surface area (Å²) in [7, 11) is 0. The van der Waals surface area contributed by atoms with Crippen LogP contribution in [-0.4, -0.2) is 35.6 Å². The van der Waals surface area contributed by atoms with Crippen molar-refractivity contribution in [3.8, 4) is 0 Å². The second-order valence-electron chi connectivity index (χ2n) is 4.17. The molecule has 84 valence electrons. The summed E-state index contributed by atoms with van der Waals surface area (Å²) in [5.74, 6) is -0.00478. The first kappa shape index (κ1) is 13.4. The Bertz CT molecular complexity index is 157. The third kappa shape index (κ3) is 8.05. The minimum Gasteiger partial charge on any atom is -0.481 e. The van der Waals surface area contributed by atoms with E-state index in [1.807, 2.05) is 0 Å². The van der Waals surface area contributed by atoms with Crippen molar-refractivity contribution < 1.29 is 9.90 Å². The standard InChI is InChI=1S/C11H23NO2/c1-4-7-12(8-5-10(2)3)9-6-11(13)14/h10H,4-9H2,1-3H3,(H,13,14). The van der Waals surface area contributed by atoms with Crippen molar-refractivity contribution in [2.45, 2.75) is 40.0 Å². The van der Waals surface area contributed by atoms with Crippen molar-refractivity contribution in [2.75, 3.05) is 19.6 Å². The van der Waals surface area contributed by atoms with Crippen molar-refractivity contribution in [3.05, 3.63) is 0 Å². The SMILES string of the molecule is CCCN(CCC(=O)O)CCC(C)C. The second kappa shape index (κ2) is 7.80. The van der Waals surface area contributed by atoms with Gasteiger partial charge in [0.15, 0.2) is 0 Å². The van der Waals surface area contributed by atoms with Crippen molar-refractivity contribution >= 4 is 5.97 Å². The first-order valence-corrected chi connectivity index (χ1v) is 5.50. The molecule has 0 aromatic rings. The molecular weight excluding hydrogens is 178 g/mol. The van der Waals surface area contributed by atoms with Crippen LogP contribution < -0.4 is 0 Å². The minimum absolute atomic E-state index is 0.262. The molecule has 0 saturated carbocycles. The average molecular weight is 201 g/mol. The van der Waals surface area contributed by atoms with Gasteiger partial charge in [-0.3, -0.25) is 4.79 Å². The molecule has 0 aromatic carbocycles. The average Bonchev–Trinajstić information content (AvgIpc) is 2.09. The molecular formula is C11H23NO2. The Kier molecular flexibility index (Phi) is 7.48. The van der Waals surface area contributed by atoms with Gasteiger partial charge in [-0.25, -0.2) is 0 Å². The lowest BCUT2D eigenvalue weighted by molar-refractivity contribution is -0.137. The van der Waals surface area contributed by atoms with E-state index >= 15 is 0 Å². The molecule has 0 saturated heterocycles. The first-order chi connectivity index (χ1) is 6.56. The molecule has 0 heterocycles. The Hall–Kier alpha value is -0.570. The van der Waals surface area contributed by atoms with Crippen LogP contribution in [0.25, 0.3) is 0 Å². The van der Waals surface area contributed by atoms with E-state index in [0.29, 0.717) is 12.5 Å². The van der Waals surface area contributed by atoms with Crippen molar-refractivity contribution in [1.29, 1.82) is 0 Å². The molecule has 0 atom stereocenters. The van der Waals surface area contributed by atoms with Gasteiger partial charge in [0.05, 0.1) is 6.42 Å². The van der Waals surface area contributed by atoms with Crippen LogP contribution in [0.1, 0.15) is 40.0 Å². The third-order valence-corrected chi connectivity index (χ3v) is 2.20. The van der Waals surface area contributed by atoms with Gasteiger partial charge in [-0.15, -0.1) is 0 Å². The van der Waals surface area contributed by atoms with E-state index in [9.17, 15) is 4.79 Å². The number of nitrogens with zero attached hydrogens (tertiary/aromatic N) is 1. The lowest BCUT2D eigenvalue weighted by Crippen LogP contribution is -2.29. The highest BCUT2D eigenvalue weighted by Crippen LogP contribution is 2.03. The molecule has 3 heteroatoms. The summed E-state index contributed by atoms with van der Waals surface area (Å²) < 4.78 is 0. The molecule has 0 radical (unpaired) electrons. The maximum absolute atomic E-state index is 10.4. The molecule has 0 amide bonds. The van der Waals surface area contributed by atoms with E-state index in [-0.39, 0.29) is 6.42 Å². The Labute approximate surface area is 87.1 Å². The summed E-state index contributed by atoms with van der Waals surface area (Å²) >= 11 is 0. The lowest BCUT2D eigenvalue weighted by atomic mass is 10.1. The van der Waals surface area contributed by atoms with Crippen LogP contribution in [0.15, 0.2) is 0 Å². The van der Waals surface area contributed by atoms with Gasteiger partial charge in [-0.2, -0.15) is 0 Å². The van der Waals surface area contributed by atoms with Crippen molar-refractivity contribution in [1.82, 2.24) is 4.90 Å². The summed E-state index contributed by atoms with van der Waals surface area (Å²) in [4.78, 5) is 12.7. The smallest absolute Gasteiger partial charge is 0.304 e.